The molecule has 188 valence electrons. The molecule has 2 aromatic rings. The Labute approximate surface area is 211 Å². The van der Waals surface area contributed by atoms with Crippen LogP contribution in [-0.2, 0) is 24.3 Å². The molecule has 2 atom stereocenters. The number of hydrogen-bond donors (Lipinski definition) is 1. The molecular formula is C22H24ClFN4O5S2. The Kier molecular flexibility index (Phi) is 7.86. The molecule has 4 rings (SSSR count). The maximum atomic E-state index is 13.8. The van der Waals surface area contributed by atoms with E-state index in [1.807, 2.05) is 0 Å². The van der Waals surface area contributed by atoms with E-state index in [9.17, 15) is 17.6 Å². The van der Waals surface area contributed by atoms with E-state index in [0.29, 0.717) is 35.1 Å². The van der Waals surface area contributed by atoms with Gasteiger partial charge < -0.3 is 14.8 Å². The van der Waals surface area contributed by atoms with E-state index in [1.54, 1.807) is 11.6 Å². The number of benzene rings is 1. The Bertz CT molecular complexity index is 1270. The first-order chi connectivity index (χ1) is 16.7. The van der Waals surface area contributed by atoms with E-state index in [-0.39, 0.29) is 35.4 Å². The molecule has 1 aromatic heterocycles. The first kappa shape index (κ1) is 25.7. The monoisotopic (exact) mass is 542 g/mol. The fourth-order valence-electron chi connectivity index (χ4n) is 4.15. The number of carbonyl (C=O) groups excluding carboxylic acids is 1. The van der Waals surface area contributed by atoms with Crippen LogP contribution in [0.25, 0.3) is 0 Å². The quantitative estimate of drug-likeness (QED) is 0.511. The molecule has 1 saturated heterocycles. The predicted octanol–water partition coefficient (Wildman–Crippen LogP) is 2.75. The molecule has 2 aliphatic rings. The van der Waals surface area contributed by atoms with Crippen LogP contribution >= 0.6 is 22.9 Å². The second-order valence-electron chi connectivity index (χ2n) is 7.98. The van der Waals surface area contributed by atoms with Crippen LogP contribution in [0.4, 0.5) is 4.39 Å². The third kappa shape index (κ3) is 5.41. The maximum absolute atomic E-state index is 13.8. The number of nitrogens with one attached hydrogen (secondary N) is 1. The highest BCUT2D eigenvalue weighted by atomic mass is 35.5. The van der Waals surface area contributed by atoms with Crippen molar-refractivity contribution in [2.45, 2.75) is 12.5 Å². The Hall–Kier alpha value is -2.38. The predicted molar refractivity (Wildman–Crippen MR) is 130 cm³/mol. The second kappa shape index (κ2) is 10.7. The lowest BCUT2D eigenvalue weighted by atomic mass is 9.90. The average molecular weight is 543 g/mol. The highest BCUT2D eigenvalue weighted by Crippen LogP contribution is 2.40. The van der Waals surface area contributed by atoms with Gasteiger partial charge in [-0.2, -0.15) is 0 Å². The first-order valence-corrected chi connectivity index (χ1v) is 13.6. The Balaban J connectivity index is 1.79. The molecule has 0 amide bonds. The van der Waals surface area contributed by atoms with Gasteiger partial charge in [-0.3, -0.25) is 4.99 Å². The van der Waals surface area contributed by atoms with Gasteiger partial charge >= 0.3 is 5.97 Å². The van der Waals surface area contributed by atoms with Gasteiger partial charge in [-0.15, -0.1) is 11.3 Å². The van der Waals surface area contributed by atoms with Crippen molar-refractivity contribution >= 4 is 44.8 Å². The maximum Gasteiger partial charge on any atom is 0.338 e. The number of ether oxygens (including phenoxy) is 2. The lowest BCUT2D eigenvalue weighted by Crippen LogP contribution is -2.38. The van der Waals surface area contributed by atoms with Crippen molar-refractivity contribution in [1.29, 1.82) is 0 Å². The van der Waals surface area contributed by atoms with Crippen LogP contribution in [0.1, 0.15) is 23.0 Å². The van der Waals surface area contributed by atoms with Gasteiger partial charge in [0.05, 0.1) is 25.0 Å². The van der Waals surface area contributed by atoms with Crippen LogP contribution in [0.3, 0.4) is 0 Å². The van der Waals surface area contributed by atoms with Gasteiger partial charge in [0.2, 0.25) is 10.0 Å². The lowest BCUT2D eigenvalue weighted by molar-refractivity contribution is -0.136. The summed E-state index contributed by atoms with van der Waals surface area (Å²) in [4.78, 5) is 22.1. The fraction of sp³-hybridized carbons (Fsp3) is 0.409. The van der Waals surface area contributed by atoms with Crippen LogP contribution in [0.5, 0.6) is 0 Å². The van der Waals surface area contributed by atoms with Gasteiger partial charge in [0, 0.05) is 54.0 Å². The highest BCUT2D eigenvalue weighted by molar-refractivity contribution is 7.89. The summed E-state index contributed by atoms with van der Waals surface area (Å²) in [6, 6.07) is 2.99. The number of aromatic nitrogens is 1. The average Bonchev–Trinajstić information content (AvgIpc) is 3.55. The zero-order chi connectivity index (χ0) is 25.2. The molecule has 1 unspecified atom stereocenters. The molecule has 0 bridgehead atoms. The molecule has 1 aromatic carbocycles. The van der Waals surface area contributed by atoms with E-state index >= 15 is 0 Å². The summed E-state index contributed by atoms with van der Waals surface area (Å²) in [6.07, 6.45) is 2.10. The van der Waals surface area contributed by atoms with Crippen molar-refractivity contribution in [3.8, 4) is 0 Å². The normalized spacial score (nSPS) is 21.1. The summed E-state index contributed by atoms with van der Waals surface area (Å²) < 4.78 is 50.7. The zero-order valence-corrected chi connectivity index (χ0v) is 21.4. The highest BCUT2D eigenvalue weighted by Gasteiger charge is 2.40. The molecule has 0 radical (unpaired) electrons. The molecular weight excluding hydrogens is 519 g/mol. The van der Waals surface area contributed by atoms with Crippen molar-refractivity contribution in [3.63, 3.8) is 0 Å². The van der Waals surface area contributed by atoms with Gasteiger partial charge in [0.15, 0.2) is 10.8 Å². The third-order valence-corrected chi connectivity index (χ3v) is 8.78. The number of carbonyl (C=O) groups is 1. The zero-order valence-electron chi connectivity index (χ0n) is 19.0. The van der Waals surface area contributed by atoms with E-state index in [1.165, 1.54) is 42.0 Å². The molecule has 35 heavy (non-hydrogen) atoms. The summed E-state index contributed by atoms with van der Waals surface area (Å²) in [5.74, 6) is -1.22. The van der Waals surface area contributed by atoms with Gasteiger partial charge in [-0.1, -0.05) is 17.7 Å². The third-order valence-electron chi connectivity index (χ3n) is 5.87. The number of amidine groups is 1. The number of methoxy groups -OCH3 is 2. The minimum Gasteiger partial charge on any atom is -0.466 e. The molecule has 2 aliphatic heterocycles. The van der Waals surface area contributed by atoms with Gasteiger partial charge in [0.1, 0.15) is 11.9 Å². The Morgan fingerprint density at radius 3 is 2.83 bits per heavy atom. The molecule has 9 nitrogen and oxygen atoms in total. The van der Waals surface area contributed by atoms with Crippen LogP contribution in [0, 0.1) is 11.7 Å². The number of esters is 1. The molecule has 1 N–H and O–H groups in total. The number of halogens is 2. The molecule has 3 heterocycles. The van der Waals surface area contributed by atoms with Gasteiger partial charge in [-0.25, -0.2) is 26.9 Å². The number of nitrogens with zero attached hydrogens (tertiary/aromatic N) is 3. The van der Waals surface area contributed by atoms with E-state index < -0.39 is 27.9 Å². The number of sulfonamides is 1. The van der Waals surface area contributed by atoms with Crippen LogP contribution in [-0.4, -0.2) is 69.2 Å². The van der Waals surface area contributed by atoms with E-state index in [4.69, 9.17) is 26.1 Å². The summed E-state index contributed by atoms with van der Waals surface area (Å²) in [5.41, 5.74) is 1.11. The standard InChI is InChI=1S/C22H24ClFN4O5S2/c1-32-8-10-35(30,31)28-7-5-13(12-28)18-17(22(29)33-2)19(15-4-3-14(24)11-16(15)23)27-20(26-18)21-25-6-9-34-21/h3-4,6,9,11,13,19H,5,7-8,10,12H2,1-2H3,(H,26,27)/t13-,19?/m1/s1. The SMILES string of the molecule is COCCS(=O)(=O)N1CC[C@@H](C2=C(C(=O)OC)C(c3ccc(F)cc3Cl)N=C(c3nccs3)N2)C1. The van der Waals surface area contributed by atoms with Gasteiger partial charge in [-0.05, 0) is 18.6 Å². The molecule has 0 spiro atoms. The number of thiazole rings is 1. The number of aliphatic imine (C=N–C) groups is 1. The van der Waals surface area contributed by atoms with Crippen LogP contribution in [0.15, 0.2) is 46.0 Å². The smallest absolute Gasteiger partial charge is 0.338 e. The largest absolute Gasteiger partial charge is 0.466 e. The van der Waals surface area contributed by atoms with Crippen molar-refractivity contribution < 1.29 is 27.1 Å². The number of hydrogen-bond acceptors (Lipinski definition) is 9. The minimum atomic E-state index is -3.53. The van der Waals surface area contributed by atoms with E-state index in [2.05, 4.69) is 10.3 Å². The van der Waals surface area contributed by atoms with Crippen LogP contribution < -0.4 is 5.32 Å². The van der Waals surface area contributed by atoms with Crippen molar-refractivity contribution in [2.75, 3.05) is 39.7 Å². The van der Waals surface area contributed by atoms with Crippen molar-refractivity contribution in [2.24, 2.45) is 10.9 Å². The summed E-state index contributed by atoms with van der Waals surface area (Å²) in [6.45, 7) is 0.551. The summed E-state index contributed by atoms with van der Waals surface area (Å²) >= 11 is 7.72. The topological polar surface area (TPSA) is 110 Å². The molecule has 13 heteroatoms. The lowest BCUT2D eigenvalue weighted by Gasteiger charge is -2.30. The van der Waals surface area contributed by atoms with Crippen molar-refractivity contribution in [3.05, 3.63) is 62.5 Å². The molecule has 1 fully saturated rings. The molecule has 0 aliphatic carbocycles. The fourth-order valence-corrected chi connectivity index (χ4v) is 6.44. The Morgan fingerprint density at radius 2 is 2.17 bits per heavy atom. The summed E-state index contributed by atoms with van der Waals surface area (Å²) in [5, 5.41) is 5.70. The second-order valence-corrected chi connectivity index (χ2v) is 11.4. The van der Waals surface area contributed by atoms with Crippen molar-refractivity contribution in [1.82, 2.24) is 14.6 Å². The van der Waals surface area contributed by atoms with E-state index in [0.717, 1.165) is 6.07 Å². The molecule has 0 saturated carbocycles. The van der Waals surface area contributed by atoms with Gasteiger partial charge in [0.25, 0.3) is 0 Å². The number of rotatable bonds is 8. The minimum absolute atomic E-state index is 0.0872. The summed E-state index contributed by atoms with van der Waals surface area (Å²) in [7, 11) is -0.830. The first-order valence-electron chi connectivity index (χ1n) is 10.7. The Morgan fingerprint density at radius 1 is 1.37 bits per heavy atom. The van der Waals surface area contributed by atoms with Crippen LogP contribution in [0.2, 0.25) is 5.02 Å².